The number of hydrogen-bond acceptors (Lipinski definition) is 5. The van der Waals surface area contributed by atoms with E-state index in [4.69, 9.17) is 11.6 Å². The first-order valence-electron chi connectivity index (χ1n) is 9.30. The summed E-state index contributed by atoms with van der Waals surface area (Å²) in [5.41, 5.74) is 2.57. The van der Waals surface area contributed by atoms with Gasteiger partial charge in [-0.2, -0.15) is 0 Å². The van der Waals surface area contributed by atoms with Crippen LogP contribution in [-0.2, 0) is 29.6 Å². The maximum atomic E-state index is 12.3. The van der Waals surface area contributed by atoms with Crippen molar-refractivity contribution in [3.05, 3.63) is 70.5 Å². The molecule has 0 fully saturated rings. The Morgan fingerprint density at radius 3 is 2.63 bits per heavy atom. The third-order valence-electron chi connectivity index (χ3n) is 4.38. The Morgan fingerprint density at radius 2 is 1.87 bits per heavy atom. The van der Waals surface area contributed by atoms with Crippen LogP contribution in [0.3, 0.4) is 0 Å². The molecule has 0 radical (unpaired) electrons. The number of rotatable bonds is 8. The van der Waals surface area contributed by atoms with Crippen molar-refractivity contribution in [2.75, 3.05) is 11.1 Å². The van der Waals surface area contributed by atoms with Crippen molar-refractivity contribution in [3.8, 4) is 0 Å². The van der Waals surface area contributed by atoms with Crippen molar-refractivity contribution >= 4 is 40.9 Å². The number of benzene rings is 2. The number of nitrogens with one attached hydrogen (secondary N) is 2. The van der Waals surface area contributed by atoms with Crippen LogP contribution in [0.5, 0.6) is 0 Å². The van der Waals surface area contributed by atoms with Crippen LogP contribution in [0.4, 0.5) is 5.69 Å². The van der Waals surface area contributed by atoms with Gasteiger partial charge in [-0.1, -0.05) is 59.8 Å². The Kier molecular flexibility index (Phi) is 7.48. The average Bonchev–Trinajstić information content (AvgIpc) is 3.08. The monoisotopic (exact) mass is 443 g/mol. The number of aryl methyl sites for hydroxylation is 1. The normalized spacial score (nSPS) is 10.6. The molecule has 9 heteroatoms. The molecule has 3 aromatic rings. The molecule has 0 spiro atoms. The molecule has 2 N–H and O–H groups in total. The molecule has 0 aliphatic carbocycles. The molecule has 0 saturated heterocycles. The molecular weight excluding hydrogens is 422 g/mol. The molecule has 0 saturated carbocycles. The summed E-state index contributed by atoms with van der Waals surface area (Å²) in [4.78, 5) is 24.4. The van der Waals surface area contributed by atoms with Gasteiger partial charge in [0, 0.05) is 17.8 Å². The van der Waals surface area contributed by atoms with Gasteiger partial charge in [0.25, 0.3) is 0 Å². The molecule has 0 unspecified atom stereocenters. The fourth-order valence-corrected chi connectivity index (χ4v) is 3.59. The highest BCUT2D eigenvalue weighted by atomic mass is 35.5. The second kappa shape index (κ2) is 10.3. The minimum absolute atomic E-state index is 0.0883. The lowest BCUT2D eigenvalue weighted by Crippen LogP contribution is -2.26. The fourth-order valence-electron chi connectivity index (χ4n) is 2.69. The van der Waals surface area contributed by atoms with Crippen LogP contribution >= 0.6 is 23.4 Å². The standard InChI is InChI=1S/C21H22ClN5O2S/c1-14-8-9-16(22)11-17(14)24-20(29)13-30-21-26-25-18(27(21)2)12-23-19(28)10-15-6-4-3-5-7-15/h3-9,11H,10,12-13H2,1-2H3,(H,23,28)(H,24,29). The second-order valence-electron chi connectivity index (χ2n) is 6.69. The molecular formula is C21H22ClN5O2S. The van der Waals surface area contributed by atoms with Crippen molar-refractivity contribution in [2.45, 2.75) is 25.0 Å². The molecule has 0 aliphatic heterocycles. The summed E-state index contributed by atoms with van der Waals surface area (Å²) in [6.07, 6.45) is 0.309. The van der Waals surface area contributed by atoms with Crippen LogP contribution in [0, 0.1) is 6.92 Å². The Hall–Kier alpha value is -2.84. The summed E-state index contributed by atoms with van der Waals surface area (Å²) >= 11 is 7.26. The molecule has 2 aromatic carbocycles. The number of hydrogen-bond donors (Lipinski definition) is 2. The van der Waals surface area contributed by atoms with Gasteiger partial charge >= 0.3 is 0 Å². The summed E-state index contributed by atoms with van der Waals surface area (Å²) in [7, 11) is 1.81. The maximum absolute atomic E-state index is 12.3. The molecule has 0 atom stereocenters. The summed E-state index contributed by atoms with van der Waals surface area (Å²) < 4.78 is 1.77. The number of amides is 2. The van der Waals surface area contributed by atoms with Crippen molar-refractivity contribution in [2.24, 2.45) is 7.05 Å². The number of anilines is 1. The van der Waals surface area contributed by atoms with E-state index in [0.717, 1.165) is 11.1 Å². The molecule has 156 valence electrons. The van der Waals surface area contributed by atoms with Crippen molar-refractivity contribution in [3.63, 3.8) is 0 Å². The van der Waals surface area contributed by atoms with Crippen molar-refractivity contribution in [1.82, 2.24) is 20.1 Å². The molecule has 1 aromatic heterocycles. The minimum atomic E-state index is -0.161. The highest BCUT2D eigenvalue weighted by molar-refractivity contribution is 7.99. The van der Waals surface area contributed by atoms with Crippen LogP contribution in [0.15, 0.2) is 53.7 Å². The summed E-state index contributed by atoms with van der Waals surface area (Å²) in [6, 6.07) is 14.9. The van der Waals surface area contributed by atoms with E-state index in [1.165, 1.54) is 11.8 Å². The molecule has 0 bridgehead atoms. The van der Waals surface area contributed by atoms with Crippen LogP contribution in [0.2, 0.25) is 5.02 Å². The van der Waals surface area contributed by atoms with Gasteiger partial charge in [0.15, 0.2) is 11.0 Å². The van der Waals surface area contributed by atoms with Crippen LogP contribution < -0.4 is 10.6 Å². The predicted octanol–water partition coefficient (Wildman–Crippen LogP) is 3.37. The van der Waals surface area contributed by atoms with Crippen molar-refractivity contribution in [1.29, 1.82) is 0 Å². The van der Waals surface area contributed by atoms with Gasteiger partial charge < -0.3 is 15.2 Å². The van der Waals surface area contributed by atoms with E-state index >= 15 is 0 Å². The van der Waals surface area contributed by atoms with Crippen LogP contribution in [0.1, 0.15) is 17.0 Å². The first kappa shape index (κ1) is 21.9. The van der Waals surface area contributed by atoms with E-state index in [9.17, 15) is 9.59 Å². The van der Waals surface area contributed by atoms with Gasteiger partial charge in [-0.15, -0.1) is 10.2 Å². The van der Waals surface area contributed by atoms with Crippen LogP contribution in [-0.4, -0.2) is 32.3 Å². The zero-order chi connectivity index (χ0) is 21.5. The lowest BCUT2D eigenvalue weighted by molar-refractivity contribution is -0.120. The van der Waals surface area contributed by atoms with Gasteiger partial charge in [-0.25, -0.2) is 0 Å². The van der Waals surface area contributed by atoms with Gasteiger partial charge in [-0.05, 0) is 30.2 Å². The Balaban J connectivity index is 1.49. The zero-order valence-electron chi connectivity index (χ0n) is 16.7. The van der Waals surface area contributed by atoms with Crippen LogP contribution in [0.25, 0.3) is 0 Å². The lowest BCUT2D eigenvalue weighted by atomic mass is 10.1. The Bertz CT molecular complexity index is 1040. The molecule has 3 rings (SSSR count). The first-order chi connectivity index (χ1) is 14.4. The minimum Gasteiger partial charge on any atom is -0.349 e. The van der Waals surface area contributed by atoms with Gasteiger partial charge in [0.05, 0.1) is 18.7 Å². The summed E-state index contributed by atoms with van der Waals surface area (Å²) in [5.74, 6) is 0.545. The van der Waals surface area contributed by atoms with E-state index in [-0.39, 0.29) is 24.1 Å². The topological polar surface area (TPSA) is 88.9 Å². The number of thioether (sulfide) groups is 1. The van der Waals surface area contributed by atoms with E-state index in [0.29, 0.717) is 28.1 Å². The summed E-state index contributed by atoms with van der Waals surface area (Å²) in [5, 5.41) is 15.1. The highest BCUT2D eigenvalue weighted by Gasteiger charge is 2.13. The smallest absolute Gasteiger partial charge is 0.234 e. The van der Waals surface area contributed by atoms with E-state index in [1.807, 2.05) is 43.3 Å². The maximum Gasteiger partial charge on any atom is 0.234 e. The fraction of sp³-hybridized carbons (Fsp3) is 0.238. The first-order valence-corrected chi connectivity index (χ1v) is 10.7. The Labute approximate surface area is 184 Å². The molecule has 1 heterocycles. The van der Waals surface area contributed by atoms with Gasteiger partial charge in [0.1, 0.15) is 0 Å². The molecule has 2 amide bonds. The highest BCUT2D eigenvalue weighted by Crippen LogP contribution is 2.21. The van der Waals surface area contributed by atoms with E-state index < -0.39 is 0 Å². The number of carbonyl (C=O) groups excluding carboxylic acids is 2. The zero-order valence-corrected chi connectivity index (χ0v) is 18.3. The lowest BCUT2D eigenvalue weighted by Gasteiger charge is -2.09. The number of carbonyl (C=O) groups is 2. The Morgan fingerprint density at radius 1 is 1.10 bits per heavy atom. The number of aromatic nitrogens is 3. The van der Waals surface area contributed by atoms with E-state index in [1.54, 1.807) is 23.7 Å². The molecule has 30 heavy (non-hydrogen) atoms. The quantitative estimate of drug-likeness (QED) is 0.521. The summed E-state index contributed by atoms with van der Waals surface area (Å²) in [6.45, 7) is 2.17. The largest absolute Gasteiger partial charge is 0.349 e. The number of halogens is 1. The molecule has 7 nitrogen and oxygen atoms in total. The second-order valence-corrected chi connectivity index (χ2v) is 8.07. The van der Waals surface area contributed by atoms with Gasteiger partial charge in [-0.3, -0.25) is 9.59 Å². The van der Waals surface area contributed by atoms with Gasteiger partial charge in [0.2, 0.25) is 11.8 Å². The van der Waals surface area contributed by atoms with Crippen molar-refractivity contribution < 1.29 is 9.59 Å². The number of nitrogens with zero attached hydrogens (tertiary/aromatic N) is 3. The third-order valence-corrected chi connectivity index (χ3v) is 5.64. The predicted molar refractivity (Wildman–Crippen MR) is 119 cm³/mol. The molecule has 0 aliphatic rings. The average molecular weight is 444 g/mol. The third kappa shape index (κ3) is 6.08. The SMILES string of the molecule is Cc1ccc(Cl)cc1NC(=O)CSc1nnc(CNC(=O)Cc2ccccc2)n1C. The van der Waals surface area contributed by atoms with E-state index in [2.05, 4.69) is 20.8 Å².